The molecule has 0 aliphatic heterocycles. The summed E-state index contributed by atoms with van der Waals surface area (Å²) in [6.45, 7) is 0. The molecular formula is C16H17N3O. The number of amides is 2. The van der Waals surface area contributed by atoms with E-state index in [2.05, 4.69) is 15.6 Å². The molecule has 4 nitrogen and oxygen atoms in total. The van der Waals surface area contributed by atoms with Gasteiger partial charge in [0.05, 0.1) is 11.7 Å². The predicted molar refractivity (Wildman–Crippen MR) is 77.2 cm³/mol. The van der Waals surface area contributed by atoms with Gasteiger partial charge in [-0.05, 0) is 30.5 Å². The third-order valence-corrected chi connectivity index (χ3v) is 3.30. The second kappa shape index (κ2) is 5.74. The lowest BCUT2D eigenvalue weighted by atomic mass is 10.0. The first-order chi connectivity index (χ1) is 9.83. The molecule has 1 aliphatic carbocycles. The Morgan fingerprint density at radius 2 is 1.85 bits per heavy atom. The number of hydrogen-bond acceptors (Lipinski definition) is 2. The highest BCUT2D eigenvalue weighted by molar-refractivity contribution is 5.75. The number of pyridine rings is 1. The molecule has 0 radical (unpaired) electrons. The fourth-order valence-electron chi connectivity index (χ4n) is 2.11. The SMILES string of the molecule is O=C(NC1CC1)NC(c1ccccc1)c1ccccn1. The number of nitrogens with one attached hydrogen (secondary N) is 2. The minimum atomic E-state index is -0.226. The molecule has 0 saturated heterocycles. The summed E-state index contributed by atoms with van der Waals surface area (Å²) >= 11 is 0. The van der Waals surface area contributed by atoms with Gasteiger partial charge >= 0.3 is 6.03 Å². The van der Waals surface area contributed by atoms with E-state index in [0.717, 1.165) is 24.1 Å². The molecule has 1 aliphatic rings. The molecule has 0 bridgehead atoms. The third kappa shape index (κ3) is 3.15. The van der Waals surface area contributed by atoms with Crippen LogP contribution in [0.15, 0.2) is 54.7 Å². The van der Waals surface area contributed by atoms with Crippen molar-refractivity contribution < 1.29 is 4.79 Å². The van der Waals surface area contributed by atoms with E-state index in [1.165, 1.54) is 0 Å². The van der Waals surface area contributed by atoms with Crippen molar-refractivity contribution in [1.82, 2.24) is 15.6 Å². The highest BCUT2D eigenvalue weighted by Gasteiger charge is 2.25. The number of rotatable bonds is 4. The fourth-order valence-corrected chi connectivity index (χ4v) is 2.11. The Kier molecular flexibility index (Phi) is 3.63. The summed E-state index contributed by atoms with van der Waals surface area (Å²) in [6, 6.07) is 15.6. The first kappa shape index (κ1) is 12.7. The first-order valence-electron chi connectivity index (χ1n) is 6.86. The summed E-state index contributed by atoms with van der Waals surface area (Å²) in [5.41, 5.74) is 1.86. The number of carbonyl (C=O) groups excluding carboxylic acids is 1. The Labute approximate surface area is 118 Å². The van der Waals surface area contributed by atoms with Gasteiger partial charge in [-0.2, -0.15) is 0 Å². The molecule has 2 N–H and O–H groups in total. The van der Waals surface area contributed by atoms with E-state index >= 15 is 0 Å². The molecule has 1 fully saturated rings. The van der Waals surface area contributed by atoms with Crippen molar-refractivity contribution >= 4 is 6.03 Å². The molecule has 2 amide bonds. The number of carbonyl (C=O) groups is 1. The summed E-state index contributed by atoms with van der Waals surface area (Å²) in [6.07, 6.45) is 3.89. The highest BCUT2D eigenvalue weighted by Crippen LogP contribution is 2.21. The largest absolute Gasteiger partial charge is 0.335 e. The zero-order valence-electron chi connectivity index (χ0n) is 11.1. The lowest BCUT2D eigenvalue weighted by molar-refractivity contribution is 0.238. The summed E-state index contributed by atoms with van der Waals surface area (Å²) in [7, 11) is 0. The van der Waals surface area contributed by atoms with Crippen molar-refractivity contribution in [2.24, 2.45) is 0 Å². The number of nitrogens with zero attached hydrogens (tertiary/aromatic N) is 1. The summed E-state index contributed by atoms with van der Waals surface area (Å²) < 4.78 is 0. The van der Waals surface area contributed by atoms with Gasteiger partial charge < -0.3 is 10.6 Å². The van der Waals surface area contributed by atoms with E-state index in [1.807, 2.05) is 48.5 Å². The van der Waals surface area contributed by atoms with Crippen LogP contribution in [0.3, 0.4) is 0 Å². The van der Waals surface area contributed by atoms with Gasteiger partial charge in [0.2, 0.25) is 0 Å². The maximum absolute atomic E-state index is 12.0. The molecule has 1 aromatic carbocycles. The smallest absolute Gasteiger partial charge is 0.315 e. The lowest BCUT2D eigenvalue weighted by Crippen LogP contribution is -2.39. The van der Waals surface area contributed by atoms with Crippen LogP contribution in [0.25, 0.3) is 0 Å². The van der Waals surface area contributed by atoms with Gasteiger partial charge in [0, 0.05) is 12.2 Å². The molecule has 4 heteroatoms. The van der Waals surface area contributed by atoms with Gasteiger partial charge in [0.1, 0.15) is 0 Å². The van der Waals surface area contributed by atoms with Crippen molar-refractivity contribution in [3.05, 3.63) is 66.0 Å². The van der Waals surface area contributed by atoms with Crippen molar-refractivity contribution in [3.8, 4) is 0 Å². The minimum Gasteiger partial charge on any atom is -0.335 e. The number of benzene rings is 1. The molecule has 102 valence electrons. The highest BCUT2D eigenvalue weighted by atomic mass is 16.2. The summed E-state index contributed by atoms with van der Waals surface area (Å²) in [5, 5.41) is 5.95. The fraction of sp³-hybridized carbons (Fsp3) is 0.250. The van der Waals surface area contributed by atoms with Crippen LogP contribution < -0.4 is 10.6 Å². The second-order valence-corrected chi connectivity index (χ2v) is 4.99. The summed E-state index contributed by atoms with van der Waals surface area (Å²) in [4.78, 5) is 16.4. The lowest BCUT2D eigenvalue weighted by Gasteiger charge is -2.19. The standard InChI is InChI=1S/C16H17N3O/c20-16(18-13-9-10-13)19-15(12-6-2-1-3-7-12)14-8-4-5-11-17-14/h1-8,11,13,15H,9-10H2,(H2,18,19,20). The van der Waals surface area contributed by atoms with E-state index < -0.39 is 0 Å². The molecule has 1 saturated carbocycles. The molecule has 1 atom stereocenters. The normalized spacial score (nSPS) is 15.4. The topological polar surface area (TPSA) is 54.0 Å². The molecule has 1 unspecified atom stereocenters. The Hall–Kier alpha value is -2.36. The van der Waals surface area contributed by atoms with E-state index in [1.54, 1.807) is 6.20 Å². The third-order valence-electron chi connectivity index (χ3n) is 3.30. The Morgan fingerprint density at radius 1 is 1.10 bits per heavy atom. The molecular weight excluding hydrogens is 250 g/mol. The monoisotopic (exact) mass is 267 g/mol. The zero-order chi connectivity index (χ0) is 13.8. The van der Waals surface area contributed by atoms with Gasteiger partial charge in [-0.15, -0.1) is 0 Å². The number of hydrogen-bond donors (Lipinski definition) is 2. The van der Waals surface area contributed by atoms with Crippen molar-refractivity contribution in [1.29, 1.82) is 0 Å². The second-order valence-electron chi connectivity index (χ2n) is 4.99. The predicted octanol–water partition coefficient (Wildman–Crippen LogP) is 2.63. The van der Waals surface area contributed by atoms with E-state index in [0.29, 0.717) is 6.04 Å². The van der Waals surface area contributed by atoms with Crippen LogP contribution in [0.2, 0.25) is 0 Å². The van der Waals surface area contributed by atoms with Crippen LogP contribution in [0.1, 0.15) is 30.1 Å². The van der Waals surface area contributed by atoms with Crippen LogP contribution in [-0.2, 0) is 0 Å². The molecule has 3 rings (SSSR count). The maximum Gasteiger partial charge on any atom is 0.315 e. The minimum absolute atomic E-state index is 0.132. The van der Waals surface area contributed by atoms with Gasteiger partial charge in [-0.25, -0.2) is 4.79 Å². The van der Waals surface area contributed by atoms with E-state index in [-0.39, 0.29) is 12.1 Å². The summed E-state index contributed by atoms with van der Waals surface area (Å²) in [5.74, 6) is 0. The van der Waals surface area contributed by atoms with Crippen LogP contribution >= 0.6 is 0 Å². The Balaban J connectivity index is 1.81. The average Bonchev–Trinajstić information content (AvgIpc) is 3.30. The Morgan fingerprint density at radius 3 is 2.50 bits per heavy atom. The molecule has 2 aromatic rings. The van der Waals surface area contributed by atoms with Crippen LogP contribution in [0.5, 0.6) is 0 Å². The molecule has 20 heavy (non-hydrogen) atoms. The number of aromatic nitrogens is 1. The van der Waals surface area contributed by atoms with Gasteiger partial charge in [0.15, 0.2) is 0 Å². The van der Waals surface area contributed by atoms with Crippen molar-refractivity contribution in [3.63, 3.8) is 0 Å². The van der Waals surface area contributed by atoms with Crippen molar-refractivity contribution in [2.45, 2.75) is 24.9 Å². The Bertz CT molecular complexity index is 527. The maximum atomic E-state index is 12.0. The van der Waals surface area contributed by atoms with Crippen LogP contribution in [0, 0.1) is 0 Å². The molecule has 1 aromatic heterocycles. The van der Waals surface area contributed by atoms with Gasteiger partial charge in [-0.3, -0.25) is 4.98 Å². The average molecular weight is 267 g/mol. The van der Waals surface area contributed by atoms with Crippen LogP contribution in [-0.4, -0.2) is 17.1 Å². The first-order valence-corrected chi connectivity index (χ1v) is 6.86. The van der Waals surface area contributed by atoms with Gasteiger partial charge in [-0.1, -0.05) is 36.4 Å². The van der Waals surface area contributed by atoms with E-state index in [4.69, 9.17) is 0 Å². The molecule has 0 spiro atoms. The zero-order valence-corrected chi connectivity index (χ0v) is 11.1. The van der Waals surface area contributed by atoms with Gasteiger partial charge in [0.25, 0.3) is 0 Å². The quantitative estimate of drug-likeness (QED) is 0.894. The molecule has 1 heterocycles. The van der Waals surface area contributed by atoms with E-state index in [9.17, 15) is 4.79 Å². The number of urea groups is 1. The van der Waals surface area contributed by atoms with Crippen molar-refractivity contribution in [2.75, 3.05) is 0 Å². The van der Waals surface area contributed by atoms with Crippen LogP contribution in [0.4, 0.5) is 4.79 Å².